The fraction of sp³-hybridized carbons (Fsp3) is 0.375. The first-order valence-electron chi connectivity index (χ1n) is 6.52. The van der Waals surface area contributed by atoms with Gasteiger partial charge >= 0.3 is 5.97 Å². The smallest absolute Gasteiger partial charge is 0.319 e. The number of esters is 1. The average molecular weight is 258 g/mol. The van der Waals surface area contributed by atoms with Crippen molar-refractivity contribution in [3.05, 3.63) is 42.0 Å². The van der Waals surface area contributed by atoms with Crippen molar-refractivity contribution in [2.24, 2.45) is 5.41 Å². The Labute approximate surface area is 113 Å². The number of allylic oxidation sites excluding steroid dienone is 1. The number of hydrogen-bond acceptors (Lipinski definition) is 3. The number of Topliss-reactive ketones (excluding diaryl/α,β-unsaturated/α-hetero) is 1. The van der Waals surface area contributed by atoms with Crippen LogP contribution in [0.15, 0.2) is 36.4 Å². The number of hydrogen-bond donors (Lipinski definition) is 0. The summed E-state index contributed by atoms with van der Waals surface area (Å²) in [5.41, 5.74) is 0.119. The molecule has 1 unspecified atom stereocenters. The number of carbonyl (C=O) groups excluding carboxylic acids is 2. The molecule has 19 heavy (non-hydrogen) atoms. The lowest BCUT2D eigenvalue weighted by atomic mass is 9.81. The second-order valence-electron chi connectivity index (χ2n) is 4.87. The first-order valence-corrected chi connectivity index (χ1v) is 6.52. The van der Waals surface area contributed by atoms with Gasteiger partial charge in [0.05, 0.1) is 7.11 Å². The third-order valence-electron chi connectivity index (χ3n) is 3.69. The molecule has 1 aliphatic rings. The normalized spacial score (nSPS) is 22.9. The Morgan fingerprint density at radius 3 is 2.68 bits per heavy atom. The summed E-state index contributed by atoms with van der Waals surface area (Å²) in [7, 11) is 1.34. The van der Waals surface area contributed by atoms with Crippen molar-refractivity contribution in [3.63, 3.8) is 0 Å². The van der Waals surface area contributed by atoms with Gasteiger partial charge in [0.1, 0.15) is 5.41 Å². The molecule has 1 fully saturated rings. The maximum absolute atomic E-state index is 12.0. The van der Waals surface area contributed by atoms with E-state index in [1.807, 2.05) is 42.5 Å². The topological polar surface area (TPSA) is 43.4 Å². The average Bonchev–Trinajstić information content (AvgIpc) is 2.81. The van der Waals surface area contributed by atoms with Crippen molar-refractivity contribution < 1.29 is 14.3 Å². The van der Waals surface area contributed by atoms with Crippen LogP contribution in [0.25, 0.3) is 6.08 Å². The minimum Gasteiger partial charge on any atom is -0.468 e. The monoisotopic (exact) mass is 258 g/mol. The van der Waals surface area contributed by atoms with Crippen molar-refractivity contribution in [3.8, 4) is 0 Å². The van der Waals surface area contributed by atoms with E-state index in [0.29, 0.717) is 19.3 Å². The zero-order valence-corrected chi connectivity index (χ0v) is 11.1. The molecular weight excluding hydrogens is 240 g/mol. The second-order valence-corrected chi connectivity index (χ2v) is 4.87. The van der Waals surface area contributed by atoms with Gasteiger partial charge in [0.2, 0.25) is 0 Å². The number of ether oxygens (including phenoxy) is 1. The van der Waals surface area contributed by atoms with Gasteiger partial charge in [-0.05, 0) is 24.8 Å². The molecule has 1 atom stereocenters. The van der Waals surface area contributed by atoms with Gasteiger partial charge in [0.25, 0.3) is 0 Å². The molecule has 1 saturated carbocycles. The van der Waals surface area contributed by atoms with Gasteiger partial charge in [-0.3, -0.25) is 9.59 Å². The van der Waals surface area contributed by atoms with Crippen LogP contribution in [-0.2, 0) is 14.3 Å². The second kappa shape index (κ2) is 5.83. The minimum atomic E-state index is -0.944. The van der Waals surface area contributed by atoms with Crippen LogP contribution in [0.2, 0.25) is 0 Å². The Balaban J connectivity index is 2.12. The molecule has 3 heteroatoms. The highest BCUT2D eigenvalue weighted by Crippen LogP contribution is 2.39. The summed E-state index contributed by atoms with van der Waals surface area (Å²) in [5.74, 6) is -0.384. The van der Waals surface area contributed by atoms with Crippen molar-refractivity contribution in [1.29, 1.82) is 0 Å². The van der Waals surface area contributed by atoms with Crippen LogP contribution in [-0.4, -0.2) is 18.9 Å². The first-order chi connectivity index (χ1) is 9.19. The van der Waals surface area contributed by atoms with E-state index in [1.165, 1.54) is 7.11 Å². The van der Waals surface area contributed by atoms with Gasteiger partial charge in [0, 0.05) is 6.42 Å². The number of carbonyl (C=O) groups is 2. The zero-order chi connectivity index (χ0) is 13.7. The first kappa shape index (κ1) is 13.5. The molecule has 0 spiro atoms. The third-order valence-corrected chi connectivity index (χ3v) is 3.69. The van der Waals surface area contributed by atoms with Crippen LogP contribution in [0.4, 0.5) is 0 Å². The molecule has 0 radical (unpaired) electrons. The van der Waals surface area contributed by atoms with Gasteiger partial charge < -0.3 is 4.74 Å². The number of methoxy groups -OCH3 is 1. The van der Waals surface area contributed by atoms with Gasteiger partial charge in [-0.2, -0.15) is 0 Å². The summed E-state index contributed by atoms with van der Waals surface area (Å²) in [4.78, 5) is 23.9. The van der Waals surface area contributed by atoms with Gasteiger partial charge in [-0.25, -0.2) is 0 Å². The third kappa shape index (κ3) is 2.75. The molecular formula is C16H18O3. The van der Waals surface area contributed by atoms with E-state index in [4.69, 9.17) is 4.74 Å². The molecule has 0 aliphatic heterocycles. The van der Waals surface area contributed by atoms with E-state index in [1.54, 1.807) is 0 Å². The molecule has 0 aromatic heterocycles. The van der Waals surface area contributed by atoms with Crippen molar-refractivity contribution in [1.82, 2.24) is 0 Å². The quantitative estimate of drug-likeness (QED) is 0.616. The van der Waals surface area contributed by atoms with E-state index in [-0.39, 0.29) is 5.78 Å². The fourth-order valence-electron chi connectivity index (χ4n) is 2.60. The zero-order valence-electron chi connectivity index (χ0n) is 11.1. The van der Waals surface area contributed by atoms with Gasteiger partial charge in [0.15, 0.2) is 5.78 Å². The molecule has 1 aromatic rings. The maximum Gasteiger partial charge on any atom is 0.319 e. The SMILES string of the molecule is COC(=O)C1(C/C=C/c2ccccc2)CCCC1=O. The molecule has 0 amide bonds. The lowest BCUT2D eigenvalue weighted by Gasteiger charge is -2.22. The van der Waals surface area contributed by atoms with Crippen molar-refractivity contribution >= 4 is 17.8 Å². The summed E-state index contributed by atoms with van der Waals surface area (Å²) in [5, 5.41) is 0. The summed E-state index contributed by atoms with van der Waals surface area (Å²) < 4.78 is 4.82. The summed E-state index contributed by atoms with van der Waals surface area (Å²) in [6, 6.07) is 9.83. The number of rotatable bonds is 4. The van der Waals surface area contributed by atoms with Crippen LogP contribution in [0, 0.1) is 5.41 Å². The Bertz CT molecular complexity index is 490. The highest BCUT2D eigenvalue weighted by atomic mass is 16.5. The molecule has 2 rings (SSSR count). The van der Waals surface area contributed by atoms with E-state index in [0.717, 1.165) is 12.0 Å². The Kier molecular flexibility index (Phi) is 4.15. The molecule has 0 heterocycles. The number of ketones is 1. The van der Waals surface area contributed by atoms with Gasteiger partial charge in [-0.15, -0.1) is 0 Å². The molecule has 0 N–H and O–H groups in total. The highest BCUT2D eigenvalue weighted by Gasteiger charge is 2.48. The predicted molar refractivity (Wildman–Crippen MR) is 73.4 cm³/mol. The lowest BCUT2D eigenvalue weighted by molar-refractivity contribution is -0.156. The minimum absolute atomic E-state index is 0.0112. The van der Waals surface area contributed by atoms with Crippen molar-refractivity contribution in [2.75, 3.05) is 7.11 Å². The van der Waals surface area contributed by atoms with Crippen LogP contribution >= 0.6 is 0 Å². The molecule has 100 valence electrons. The highest BCUT2D eigenvalue weighted by molar-refractivity contribution is 6.05. The fourth-order valence-corrected chi connectivity index (χ4v) is 2.60. The van der Waals surface area contributed by atoms with Crippen LogP contribution in [0.3, 0.4) is 0 Å². The van der Waals surface area contributed by atoms with Crippen molar-refractivity contribution in [2.45, 2.75) is 25.7 Å². The molecule has 0 saturated heterocycles. The standard InChI is InChI=1S/C16H18O3/c1-19-15(18)16(12-6-10-14(16)17)11-5-9-13-7-3-2-4-8-13/h2-5,7-9H,6,10-12H2,1H3/b9-5+. The van der Waals surface area contributed by atoms with Crippen LogP contribution in [0.1, 0.15) is 31.2 Å². The van der Waals surface area contributed by atoms with E-state index in [2.05, 4.69) is 0 Å². The summed E-state index contributed by atoms with van der Waals surface area (Å²) in [6.45, 7) is 0. The van der Waals surface area contributed by atoms with E-state index in [9.17, 15) is 9.59 Å². The van der Waals surface area contributed by atoms with Crippen LogP contribution < -0.4 is 0 Å². The molecule has 3 nitrogen and oxygen atoms in total. The predicted octanol–water partition coefficient (Wildman–Crippen LogP) is 3.00. The lowest BCUT2D eigenvalue weighted by Crippen LogP contribution is -2.35. The summed E-state index contributed by atoms with van der Waals surface area (Å²) in [6.07, 6.45) is 6.11. The van der Waals surface area contributed by atoms with E-state index >= 15 is 0 Å². The number of benzene rings is 1. The van der Waals surface area contributed by atoms with Crippen LogP contribution in [0.5, 0.6) is 0 Å². The largest absolute Gasteiger partial charge is 0.468 e. The molecule has 1 aliphatic carbocycles. The Morgan fingerprint density at radius 1 is 1.37 bits per heavy atom. The van der Waals surface area contributed by atoms with Gasteiger partial charge in [-0.1, -0.05) is 42.5 Å². The molecule has 1 aromatic carbocycles. The maximum atomic E-state index is 12.0. The summed E-state index contributed by atoms with van der Waals surface area (Å²) >= 11 is 0. The molecule has 0 bridgehead atoms. The Morgan fingerprint density at radius 2 is 2.11 bits per heavy atom. The van der Waals surface area contributed by atoms with E-state index < -0.39 is 11.4 Å². The Hall–Kier alpha value is -1.90.